The smallest absolute Gasteiger partial charge is 0.166 e. The number of hydrogen-bond acceptors (Lipinski definition) is 4. The molecule has 1 N–H and O–H groups in total. The Morgan fingerprint density at radius 1 is 1.16 bits per heavy atom. The van der Waals surface area contributed by atoms with Crippen LogP contribution in [0.4, 0.5) is 0 Å². The lowest BCUT2D eigenvalue weighted by molar-refractivity contribution is 0.295. The largest absolute Gasteiger partial charge is 0.486 e. The molecule has 1 aromatic heterocycles. The molecule has 98 valence electrons. The van der Waals surface area contributed by atoms with E-state index < -0.39 is 0 Å². The van der Waals surface area contributed by atoms with Gasteiger partial charge in [0.05, 0.1) is 5.69 Å². The molecule has 1 heterocycles. The van der Waals surface area contributed by atoms with E-state index in [0.717, 1.165) is 23.8 Å². The molecule has 0 bridgehead atoms. The van der Waals surface area contributed by atoms with Gasteiger partial charge in [0, 0.05) is 18.8 Å². The molecule has 4 nitrogen and oxygen atoms in total. The molecule has 0 radical (unpaired) electrons. The summed E-state index contributed by atoms with van der Waals surface area (Å²) in [5.74, 6) is 1.56. The zero-order valence-electron chi connectivity index (χ0n) is 10.7. The second-order valence-electron chi connectivity index (χ2n) is 4.72. The molecule has 1 aliphatic carbocycles. The number of nitrogens with one attached hydrogen (secondary N) is 1. The minimum Gasteiger partial charge on any atom is -0.486 e. The van der Waals surface area contributed by atoms with Crippen molar-refractivity contribution in [2.24, 2.45) is 0 Å². The van der Waals surface area contributed by atoms with Crippen molar-refractivity contribution in [2.75, 3.05) is 0 Å². The molecule has 1 aliphatic rings. The Kier molecular flexibility index (Phi) is 3.70. The second kappa shape index (κ2) is 5.80. The van der Waals surface area contributed by atoms with E-state index in [0.29, 0.717) is 12.6 Å². The predicted molar refractivity (Wildman–Crippen MR) is 72.7 cm³/mol. The maximum Gasteiger partial charge on any atom is 0.166 e. The monoisotopic (exact) mass is 255 g/mol. The van der Waals surface area contributed by atoms with Gasteiger partial charge in [-0.05, 0) is 31.0 Å². The fourth-order valence-corrected chi connectivity index (χ4v) is 1.81. The van der Waals surface area contributed by atoms with Crippen molar-refractivity contribution in [1.82, 2.24) is 15.3 Å². The van der Waals surface area contributed by atoms with Crippen LogP contribution in [-0.4, -0.2) is 16.0 Å². The Balaban J connectivity index is 1.56. The summed E-state index contributed by atoms with van der Waals surface area (Å²) < 4.78 is 5.64. The van der Waals surface area contributed by atoms with Crippen LogP contribution in [0.3, 0.4) is 0 Å². The molecule has 0 amide bonds. The van der Waals surface area contributed by atoms with Crippen molar-refractivity contribution in [3.05, 3.63) is 54.1 Å². The minimum atomic E-state index is 0.404. The van der Waals surface area contributed by atoms with Crippen LogP contribution in [0.2, 0.25) is 0 Å². The van der Waals surface area contributed by atoms with Crippen molar-refractivity contribution in [2.45, 2.75) is 32.0 Å². The van der Waals surface area contributed by atoms with Crippen LogP contribution in [0.15, 0.2) is 42.6 Å². The van der Waals surface area contributed by atoms with Crippen molar-refractivity contribution in [1.29, 1.82) is 0 Å². The average Bonchev–Trinajstić information content (AvgIpc) is 3.29. The van der Waals surface area contributed by atoms with E-state index in [1.54, 1.807) is 6.20 Å². The van der Waals surface area contributed by atoms with Crippen LogP contribution < -0.4 is 10.1 Å². The van der Waals surface area contributed by atoms with Gasteiger partial charge in [-0.2, -0.15) is 0 Å². The zero-order valence-corrected chi connectivity index (χ0v) is 10.7. The van der Waals surface area contributed by atoms with Crippen LogP contribution in [0.5, 0.6) is 5.75 Å². The molecule has 3 rings (SSSR count). The van der Waals surface area contributed by atoms with E-state index in [4.69, 9.17) is 4.74 Å². The molecule has 0 saturated heterocycles. The van der Waals surface area contributed by atoms with E-state index in [9.17, 15) is 0 Å². The number of rotatable bonds is 6. The lowest BCUT2D eigenvalue weighted by Gasteiger charge is -2.06. The van der Waals surface area contributed by atoms with Gasteiger partial charge >= 0.3 is 0 Å². The van der Waals surface area contributed by atoms with Gasteiger partial charge in [-0.1, -0.05) is 18.2 Å². The quantitative estimate of drug-likeness (QED) is 0.860. The molecular weight excluding hydrogens is 238 g/mol. The SMILES string of the molecule is c1ccc(OCc2nccc(CNC3CC3)n2)cc1. The highest BCUT2D eigenvalue weighted by molar-refractivity contribution is 5.21. The van der Waals surface area contributed by atoms with E-state index in [-0.39, 0.29) is 0 Å². The van der Waals surface area contributed by atoms with Crippen LogP contribution in [0, 0.1) is 0 Å². The normalized spacial score (nSPS) is 14.3. The number of para-hydroxylation sites is 1. The molecule has 1 aromatic carbocycles. The molecule has 19 heavy (non-hydrogen) atoms. The summed E-state index contributed by atoms with van der Waals surface area (Å²) in [6.45, 7) is 1.22. The highest BCUT2D eigenvalue weighted by Crippen LogP contribution is 2.19. The average molecular weight is 255 g/mol. The third kappa shape index (κ3) is 3.76. The molecule has 2 aromatic rings. The van der Waals surface area contributed by atoms with Gasteiger partial charge in [0.1, 0.15) is 12.4 Å². The molecule has 1 saturated carbocycles. The second-order valence-corrected chi connectivity index (χ2v) is 4.72. The maximum atomic E-state index is 5.64. The van der Waals surface area contributed by atoms with Crippen LogP contribution in [0.25, 0.3) is 0 Å². The van der Waals surface area contributed by atoms with E-state index in [2.05, 4.69) is 15.3 Å². The molecular formula is C15H17N3O. The van der Waals surface area contributed by atoms with Gasteiger partial charge in [0.15, 0.2) is 5.82 Å². The number of hydrogen-bond donors (Lipinski definition) is 1. The molecule has 1 fully saturated rings. The Morgan fingerprint density at radius 2 is 2.00 bits per heavy atom. The zero-order chi connectivity index (χ0) is 12.9. The predicted octanol–water partition coefficient (Wildman–Crippen LogP) is 2.31. The highest BCUT2D eigenvalue weighted by Gasteiger charge is 2.20. The maximum absolute atomic E-state index is 5.64. The summed E-state index contributed by atoms with van der Waals surface area (Å²) in [5, 5.41) is 3.44. The van der Waals surface area contributed by atoms with Crippen molar-refractivity contribution < 1.29 is 4.74 Å². The van der Waals surface area contributed by atoms with Gasteiger partial charge in [-0.25, -0.2) is 9.97 Å². The highest BCUT2D eigenvalue weighted by atomic mass is 16.5. The van der Waals surface area contributed by atoms with Gasteiger partial charge in [-0.3, -0.25) is 0 Å². The summed E-state index contributed by atoms with van der Waals surface area (Å²) in [5.41, 5.74) is 1.02. The standard InChI is InChI=1S/C15H17N3O/c1-2-4-14(5-3-1)19-11-15-16-9-8-13(18-15)10-17-12-6-7-12/h1-5,8-9,12,17H,6-7,10-11H2. The van der Waals surface area contributed by atoms with Crippen LogP contribution >= 0.6 is 0 Å². The minimum absolute atomic E-state index is 0.404. The lowest BCUT2D eigenvalue weighted by Crippen LogP contribution is -2.17. The molecule has 0 atom stereocenters. The van der Waals surface area contributed by atoms with Crippen molar-refractivity contribution in [3.63, 3.8) is 0 Å². The van der Waals surface area contributed by atoms with E-state index in [1.807, 2.05) is 36.4 Å². The van der Waals surface area contributed by atoms with Crippen molar-refractivity contribution in [3.8, 4) is 5.75 Å². The third-order valence-electron chi connectivity index (χ3n) is 3.02. The van der Waals surface area contributed by atoms with Gasteiger partial charge in [-0.15, -0.1) is 0 Å². The first-order valence-electron chi connectivity index (χ1n) is 6.62. The molecule has 4 heteroatoms. The summed E-state index contributed by atoms with van der Waals surface area (Å²) in [4.78, 5) is 8.72. The Labute approximate surface area is 112 Å². The summed E-state index contributed by atoms with van der Waals surface area (Å²) in [7, 11) is 0. The topological polar surface area (TPSA) is 47.0 Å². The van der Waals surface area contributed by atoms with Gasteiger partial charge < -0.3 is 10.1 Å². The summed E-state index contributed by atoms with van der Waals surface area (Å²) >= 11 is 0. The fourth-order valence-electron chi connectivity index (χ4n) is 1.81. The van der Waals surface area contributed by atoms with E-state index in [1.165, 1.54) is 12.8 Å². The number of benzene rings is 1. The first-order chi connectivity index (χ1) is 9.40. The molecule has 0 unspecified atom stereocenters. The summed E-state index contributed by atoms with van der Waals surface area (Å²) in [6.07, 6.45) is 4.37. The Hall–Kier alpha value is -1.94. The van der Waals surface area contributed by atoms with Gasteiger partial charge in [0.2, 0.25) is 0 Å². The van der Waals surface area contributed by atoms with Crippen LogP contribution in [0.1, 0.15) is 24.4 Å². The first kappa shape index (κ1) is 12.1. The number of aromatic nitrogens is 2. The number of nitrogens with zero attached hydrogens (tertiary/aromatic N) is 2. The molecule has 0 spiro atoms. The van der Waals surface area contributed by atoms with Crippen molar-refractivity contribution >= 4 is 0 Å². The third-order valence-corrected chi connectivity index (χ3v) is 3.02. The Morgan fingerprint density at radius 3 is 2.79 bits per heavy atom. The van der Waals surface area contributed by atoms with Gasteiger partial charge in [0.25, 0.3) is 0 Å². The lowest BCUT2D eigenvalue weighted by atomic mass is 10.3. The molecule has 0 aliphatic heterocycles. The number of ether oxygens (including phenoxy) is 1. The summed E-state index contributed by atoms with van der Waals surface area (Å²) in [6, 6.07) is 12.4. The first-order valence-corrected chi connectivity index (χ1v) is 6.62. The fraction of sp³-hybridized carbons (Fsp3) is 0.333. The Bertz CT molecular complexity index is 526. The van der Waals surface area contributed by atoms with E-state index >= 15 is 0 Å². The van der Waals surface area contributed by atoms with Crippen LogP contribution in [-0.2, 0) is 13.2 Å².